The van der Waals surface area contributed by atoms with E-state index in [-0.39, 0.29) is 10.7 Å². The molecule has 1 aliphatic rings. The summed E-state index contributed by atoms with van der Waals surface area (Å²) in [5.74, 6) is 0.988. The summed E-state index contributed by atoms with van der Waals surface area (Å²) in [5.41, 5.74) is 0.668. The Hall–Kier alpha value is -2.17. The van der Waals surface area contributed by atoms with Gasteiger partial charge in [0.25, 0.3) is 10.0 Å². The van der Waals surface area contributed by atoms with Gasteiger partial charge in [0, 0.05) is 29.7 Å². The highest BCUT2D eigenvalue weighted by molar-refractivity contribution is 7.99. The van der Waals surface area contributed by atoms with Gasteiger partial charge in [-0.15, -0.1) is 0 Å². The van der Waals surface area contributed by atoms with Gasteiger partial charge in [0.2, 0.25) is 0 Å². The Morgan fingerprint density at radius 3 is 2.52 bits per heavy atom. The molecule has 0 saturated carbocycles. The van der Waals surface area contributed by atoms with Crippen molar-refractivity contribution in [1.29, 1.82) is 0 Å². The largest absolute Gasteiger partial charge is 0.416 e. The molecule has 152 valence electrons. The maximum atomic E-state index is 12.9. The van der Waals surface area contributed by atoms with Crippen LogP contribution >= 0.6 is 23.4 Å². The van der Waals surface area contributed by atoms with Crippen molar-refractivity contribution in [3.63, 3.8) is 0 Å². The van der Waals surface area contributed by atoms with E-state index in [2.05, 4.69) is 9.71 Å². The summed E-state index contributed by atoms with van der Waals surface area (Å²) in [6, 6.07) is 8.58. The van der Waals surface area contributed by atoms with Crippen LogP contribution in [0.4, 0.5) is 18.9 Å². The van der Waals surface area contributed by atoms with E-state index in [1.165, 1.54) is 12.1 Å². The average Bonchev–Trinajstić information content (AvgIpc) is 3.23. The first-order valence-corrected chi connectivity index (χ1v) is 11.2. The first kappa shape index (κ1) is 20.1. The molecule has 1 aromatic heterocycles. The molecular formula is C18H13ClF3N3O2S2. The zero-order valence-corrected chi connectivity index (χ0v) is 17.0. The SMILES string of the molecule is O=S(=O)(Nc1ccc(-c2cn3c(n2)SCC3)cc1)c1cc(C(F)(F)F)ccc1Cl. The minimum absolute atomic E-state index is 0.198. The lowest BCUT2D eigenvalue weighted by atomic mass is 10.1. The Kier molecular flexibility index (Phi) is 5.04. The Bertz CT molecular complexity index is 1150. The van der Waals surface area contributed by atoms with Gasteiger partial charge >= 0.3 is 6.18 Å². The van der Waals surface area contributed by atoms with Crippen molar-refractivity contribution < 1.29 is 21.6 Å². The van der Waals surface area contributed by atoms with Gasteiger partial charge in [-0.1, -0.05) is 35.5 Å². The van der Waals surface area contributed by atoms with Crippen LogP contribution in [0.15, 0.2) is 58.7 Å². The summed E-state index contributed by atoms with van der Waals surface area (Å²) in [4.78, 5) is 3.88. The summed E-state index contributed by atoms with van der Waals surface area (Å²) in [7, 11) is -4.31. The summed E-state index contributed by atoms with van der Waals surface area (Å²) < 4.78 is 68.2. The first-order chi connectivity index (χ1) is 13.6. The highest BCUT2D eigenvalue weighted by Gasteiger charge is 2.32. The number of hydrogen-bond donors (Lipinski definition) is 1. The normalized spacial score (nSPS) is 14.1. The smallest absolute Gasteiger partial charge is 0.325 e. The summed E-state index contributed by atoms with van der Waals surface area (Å²) in [5, 5.41) is 0.635. The highest BCUT2D eigenvalue weighted by atomic mass is 35.5. The molecule has 0 radical (unpaired) electrons. The van der Waals surface area contributed by atoms with E-state index in [1.54, 1.807) is 23.9 Å². The van der Waals surface area contributed by atoms with E-state index in [9.17, 15) is 21.6 Å². The van der Waals surface area contributed by atoms with Gasteiger partial charge in [-0.05, 0) is 30.3 Å². The number of aryl methyl sites for hydroxylation is 1. The van der Waals surface area contributed by atoms with Gasteiger partial charge in [-0.3, -0.25) is 4.72 Å². The number of alkyl halides is 3. The van der Waals surface area contributed by atoms with Crippen LogP contribution in [0.25, 0.3) is 11.3 Å². The van der Waals surface area contributed by atoms with Crippen molar-refractivity contribution in [3.8, 4) is 11.3 Å². The van der Waals surface area contributed by atoms with Gasteiger partial charge in [0.1, 0.15) is 4.90 Å². The number of thioether (sulfide) groups is 1. The monoisotopic (exact) mass is 459 g/mol. The maximum Gasteiger partial charge on any atom is 0.416 e. The van der Waals surface area contributed by atoms with E-state index in [0.717, 1.165) is 40.8 Å². The van der Waals surface area contributed by atoms with E-state index < -0.39 is 26.7 Å². The predicted molar refractivity (Wildman–Crippen MR) is 106 cm³/mol. The van der Waals surface area contributed by atoms with E-state index in [0.29, 0.717) is 6.07 Å². The van der Waals surface area contributed by atoms with Crippen LogP contribution in [0.3, 0.4) is 0 Å². The molecule has 29 heavy (non-hydrogen) atoms. The topological polar surface area (TPSA) is 64.0 Å². The van der Waals surface area contributed by atoms with Crippen molar-refractivity contribution in [2.45, 2.75) is 22.8 Å². The summed E-state index contributed by atoms with van der Waals surface area (Å²) >= 11 is 7.50. The Morgan fingerprint density at radius 1 is 1.14 bits per heavy atom. The van der Waals surface area contributed by atoms with Crippen LogP contribution in [0.5, 0.6) is 0 Å². The summed E-state index contributed by atoms with van der Waals surface area (Å²) in [6.07, 6.45) is -2.75. The molecule has 1 aliphatic heterocycles. The first-order valence-electron chi connectivity index (χ1n) is 8.33. The van der Waals surface area contributed by atoms with Crippen LogP contribution in [0, 0.1) is 0 Å². The molecule has 3 aromatic rings. The van der Waals surface area contributed by atoms with Crippen LogP contribution in [-0.4, -0.2) is 23.7 Å². The van der Waals surface area contributed by atoms with E-state index >= 15 is 0 Å². The molecular weight excluding hydrogens is 447 g/mol. The van der Waals surface area contributed by atoms with Crippen molar-refractivity contribution >= 4 is 39.1 Å². The van der Waals surface area contributed by atoms with Crippen molar-refractivity contribution in [1.82, 2.24) is 9.55 Å². The fraction of sp³-hybridized carbons (Fsp3) is 0.167. The number of benzene rings is 2. The molecule has 5 nitrogen and oxygen atoms in total. The number of nitrogens with zero attached hydrogens (tertiary/aromatic N) is 2. The quantitative estimate of drug-likeness (QED) is 0.587. The molecule has 0 fully saturated rings. The molecule has 11 heteroatoms. The number of nitrogens with one attached hydrogen (secondary N) is 1. The second kappa shape index (κ2) is 7.26. The minimum atomic E-state index is -4.68. The Balaban J connectivity index is 1.58. The number of sulfonamides is 1. The second-order valence-electron chi connectivity index (χ2n) is 6.28. The molecule has 0 aliphatic carbocycles. The van der Waals surface area contributed by atoms with Gasteiger partial charge in [-0.2, -0.15) is 13.2 Å². The van der Waals surface area contributed by atoms with Gasteiger partial charge in [0.05, 0.1) is 16.3 Å². The molecule has 0 saturated heterocycles. The van der Waals surface area contributed by atoms with Crippen molar-refractivity contribution in [2.75, 3.05) is 10.5 Å². The van der Waals surface area contributed by atoms with Crippen LogP contribution < -0.4 is 4.72 Å². The highest BCUT2D eigenvalue weighted by Crippen LogP contribution is 2.34. The minimum Gasteiger partial charge on any atom is -0.325 e. The lowest BCUT2D eigenvalue weighted by molar-refractivity contribution is -0.137. The molecule has 2 heterocycles. The van der Waals surface area contributed by atoms with Gasteiger partial charge in [-0.25, -0.2) is 13.4 Å². The lowest BCUT2D eigenvalue weighted by Gasteiger charge is -2.13. The number of hydrogen-bond acceptors (Lipinski definition) is 4. The number of rotatable bonds is 4. The number of imidazole rings is 1. The number of fused-ring (bicyclic) bond motifs is 1. The van der Waals surface area contributed by atoms with Crippen LogP contribution in [0.1, 0.15) is 5.56 Å². The molecule has 0 atom stereocenters. The van der Waals surface area contributed by atoms with Gasteiger partial charge < -0.3 is 4.57 Å². The fourth-order valence-corrected chi connectivity index (χ4v) is 5.38. The zero-order chi connectivity index (χ0) is 20.8. The number of aromatic nitrogens is 2. The fourth-order valence-electron chi connectivity index (χ4n) is 2.85. The molecule has 1 N–H and O–H groups in total. The maximum absolute atomic E-state index is 12.9. The third kappa shape index (κ3) is 4.10. The molecule has 2 aromatic carbocycles. The average molecular weight is 460 g/mol. The predicted octanol–water partition coefficient (Wildman–Crippen LogP) is 5.13. The lowest BCUT2D eigenvalue weighted by Crippen LogP contribution is -2.15. The molecule has 0 amide bonds. The standard InChI is InChI=1S/C18H13ClF3N3O2S2/c19-14-6-3-12(18(20,21)22)9-16(14)29(26,27)24-13-4-1-11(2-5-13)15-10-25-7-8-28-17(25)23-15/h1-6,9-10,24H,7-8H2. The molecule has 4 rings (SSSR count). The number of halogens is 4. The zero-order valence-electron chi connectivity index (χ0n) is 14.6. The molecule has 0 unspecified atom stereocenters. The second-order valence-corrected chi connectivity index (χ2v) is 9.40. The Labute approximate surface area is 174 Å². The van der Waals surface area contributed by atoms with Gasteiger partial charge in [0.15, 0.2) is 5.16 Å². The third-order valence-corrected chi connectivity index (χ3v) is 7.12. The van der Waals surface area contributed by atoms with Crippen molar-refractivity contribution in [3.05, 3.63) is 59.2 Å². The molecule has 0 spiro atoms. The van der Waals surface area contributed by atoms with E-state index in [1.807, 2.05) is 10.8 Å². The summed E-state index contributed by atoms with van der Waals surface area (Å²) in [6.45, 7) is 0.891. The van der Waals surface area contributed by atoms with Crippen LogP contribution in [-0.2, 0) is 22.7 Å². The third-order valence-electron chi connectivity index (χ3n) is 4.28. The van der Waals surface area contributed by atoms with Crippen molar-refractivity contribution in [2.24, 2.45) is 0 Å². The van der Waals surface area contributed by atoms with E-state index in [4.69, 9.17) is 11.6 Å². The number of anilines is 1. The van der Waals surface area contributed by atoms with Crippen LogP contribution in [0.2, 0.25) is 5.02 Å². The Morgan fingerprint density at radius 2 is 1.86 bits per heavy atom. The molecule has 0 bridgehead atoms.